The van der Waals surface area contributed by atoms with Crippen LogP contribution >= 0.6 is 0 Å². The summed E-state index contributed by atoms with van der Waals surface area (Å²) in [7, 11) is 6.55. The van der Waals surface area contributed by atoms with Crippen LogP contribution in [0, 0.1) is 0 Å². The number of anilines is 1. The van der Waals surface area contributed by atoms with Gasteiger partial charge in [-0.05, 0) is 29.8 Å². The molecule has 2 N–H and O–H groups in total. The normalized spacial score (nSPS) is 11.9. The summed E-state index contributed by atoms with van der Waals surface area (Å²) in [6.07, 6.45) is 3.01. The van der Waals surface area contributed by atoms with Gasteiger partial charge in [-0.1, -0.05) is 0 Å². The first-order valence-corrected chi connectivity index (χ1v) is 8.74. The molecule has 7 heteroatoms. The maximum absolute atomic E-state index is 6.64. The van der Waals surface area contributed by atoms with E-state index in [0.29, 0.717) is 22.9 Å². The maximum atomic E-state index is 6.64. The van der Waals surface area contributed by atoms with E-state index in [2.05, 4.69) is 10.8 Å². The van der Waals surface area contributed by atoms with Crippen molar-refractivity contribution in [2.45, 2.75) is 13.0 Å². The highest BCUT2D eigenvalue weighted by atomic mass is 35.5. The van der Waals surface area contributed by atoms with Crippen molar-refractivity contribution in [1.82, 2.24) is 0 Å². The molecule has 4 rings (SSSR count). The Morgan fingerprint density at radius 3 is 2.04 bits per heavy atom. The van der Waals surface area contributed by atoms with Crippen molar-refractivity contribution >= 4 is 16.5 Å². The van der Waals surface area contributed by atoms with E-state index in [1.165, 1.54) is 5.56 Å². The van der Waals surface area contributed by atoms with Gasteiger partial charge < -0.3 is 37.1 Å². The van der Waals surface area contributed by atoms with Crippen LogP contribution in [-0.4, -0.2) is 28.4 Å². The van der Waals surface area contributed by atoms with Crippen molar-refractivity contribution in [3.8, 4) is 34.3 Å². The Morgan fingerprint density at radius 1 is 0.821 bits per heavy atom. The first-order chi connectivity index (χ1) is 13.1. The molecule has 6 nitrogen and oxygen atoms in total. The average Bonchev–Trinajstić information content (AvgIpc) is 2.71. The van der Waals surface area contributed by atoms with Gasteiger partial charge in [-0.3, -0.25) is 0 Å². The van der Waals surface area contributed by atoms with Gasteiger partial charge in [0.2, 0.25) is 5.69 Å². The molecule has 0 atom stereocenters. The fraction of sp³-hybridized carbons (Fsp3) is 0.286. The fourth-order valence-corrected chi connectivity index (χ4v) is 3.81. The van der Waals surface area contributed by atoms with Crippen molar-refractivity contribution in [3.63, 3.8) is 0 Å². The third-order valence-corrected chi connectivity index (χ3v) is 5.17. The summed E-state index contributed by atoms with van der Waals surface area (Å²) >= 11 is 0. The van der Waals surface area contributed by atoms with Gasteiger partial charge in [0.25, 0.3) is 0 Å². The van der Waals surface area contributed by atoms with Crippen molar-refractivity contribution < 1.29 is 35.9 Å². The van der Waals surface area contributed by atoms with E-state index in [1.54, 1.807) is 28.4 Å². The lowest BCUT2D eigenvalue weighted by atomic mass is 9.93. The molecule has 1 aromatic heterocycles. The van der Waals surface area contributed by atoms with Gasteiger partial charge >= 0.3 is 0 Å². The van der Waals surface area contributed by atoms with Gasteiger partial charge in [0.05, 0.1) is 39.4 Å². The number of benzene rings is 2. The molecule has 2 heterocycles. The molecule has 148 valence electrons. The van der Waals surface area contributed by atoms with Crippen LogP contribution in [0.4, 0.5) is 5.69 Å². The number of methoxy groups -OCH3 is 4. The molecule has 0 aliphatic carbocycles. The van der Waals surface area contributed by atoms with E-state index in [4.69, 9.17) is 24.7 Å². The molecule has 0 amide bonds. The molecule has 0 spiro atoms. The predicted octanol–water partition coefficient (Wildman–Crippen LogP) is -0.0290. The second-order valence-corrected chi connectivity index (χ2v) is 6.49. The zero-order chi connectivity index (χ0) is 19.1. The molecule has 0 bridgehead atoms. The topological polar surface area (TPSA) is 66.8 Å². The quantitative estimate of drug-likeness (QED) is 0.621. The van der Waals surface area contributed by atoms with E-state index in [1.807, 2.05) is 24.3 Å². The van der Waals surface area contributed by atoms with E-state index < -0.39 is 0 Å². The lowest BCUT2D eigenvalue weighted by molar-refractivity contribution is -0.685. The number of hydrogen-bond acceptors (Lipinski definition) is 5. The van der Waals surface area contributed by atoms with Crippen molar-refractivity contribution in [2.24, 2.45) is 0 Å². The zero-order valence-corrected chi connectivity index (χ0v) is 17.1. The van der Waals surface area contributed by atoms with E-state index in [-0.39, 0.29) is 12.4 Å². The SMILES string of the molecule is COc1cc2c(cc1OC)-c1c(N)c3cc(OC)c(OC)cc3c[n+]1CC2.[Cl-]. The van der Waals surface area contributed by atoms with E-state index in [9.17, 15) is 0 Å². The summed E-state index contributed by atoms with van der Waals surface area (Å²) in [6.45, 7) is 0.840. The van der Waals surface area contributed by atoms with Crippen LogP contribution in [0.15, 0.2) is 30.5 Å². The average molecular weight is 403 g/mol. The number of rotatable bonds is 4. The Labute approximate surface area is 170 Å². The summed E-state index contributed by atoms with van der Waals surface area (Å²) in [6, 6.07) is 7.93. The van der Waals surface area contributed by atoms with Gasteiger partial charge in [-0.25, -0.2) is 0 Å². The fourth-order valence-electron chi connectivity index (χ4n) is 3.81. The van der Waals surface area contributed by atoms with Crippen molar-refractivity contribution in [3.05, 3.63) is 36.0 Å². The van der Waals surface area contributed by atoms with Crippen LogP contribution in [0.2, 0.25) is 0 Å². The molecule has 0 saturated carbocycles. The Kier molecular flexibility index (Phi) is 5.42. The minimum absolute atomic E-state index is 0. The third kappa shape index (κ3) is 2.94. The number of pyridine rings is 1. The highest BCUT2D eigenvalue weighted by molar-refractivity contribution is 5.99. The smallest absolute Gasteiger partial charge is 0.236 e. The summed E-state index contributed by atoms with van der Waals surface area (Å²) in [4.78, 5) is 0. The summed E-state index contributed by atoms with van der Waals surface area (Å²) < 4.78 is 24.0. The molecule has 28 heavy (non-hydrogen) atoms. The monoisotopic (exact) mass is 402 g/mol. The van der Waals surface area contributed by atoms with Crippen molar-refractivity contribution in [1.29, 1.82) is 0 Å². The summed E-state index contributed by atoms with van der Waals surface area (Å²) in [5, 5.41) is 1.94. The number of nitrogens with two attached hydrogens (primary N) is 1. The molecular weight excluding hydrogens is 380 g/mol. The largest absolute Gasteiger partial charge is 1.00 e. The van der Waals surface area contributed by atoms with E-state index in [0.717, 1.165) is 40.7 Å². The van der Waals surface area contributed by atoms with Crippen LogP contribution in [0.3, 0.4) is 0 Å². The predicted molar refractivity (Wildman–Crippen MR) is 104 cm³/mol. The number of ether oxygens (including phenoxy) is 4. The molecule has 0 unspecified atom stereocenters. The van der Waals surface area contributed by atoms with Gasteiger partial charge in [-0.2, -0.15) is 4.57 Å². The number of nitrogens with zero attached hydrogens (tertiary/aromatic N) is 1. The van der Waals surface area contributed by atoms with E-state index >= 15 is 0 Å². The van der Waals surface area contributed by atoms with Crippen LogP contribution in [0.25, 0.3) is 22.0 Å². The first kappa shape index (κ1) is 19.9. The van der Waals surface area contributed by atoms with Crippen molar-refractivity contribution in [2.75, 3.05) is 34.2 Å². The first-order valence-electron chi connectivity index (χ1n) is 8.74. The Hall–Kier alpha value is -2.86. The second-order valence-electron chi connectivity index (χ2n) is 6.49. The Morgan fingerprint density at radius 2 is 1.39 bits per heavy atom. The van der Waals surface area contributed by atoms with Gasteiger partial charge in [0, 0.05) is 11.8 Å². The number of aryl methyl sites for hydroxylation is 2. The van der Waals surface area contributed by atoms with Gasteiger partial charge in [0.15, 0.2) is 35.7 Å². The molecule has 2 aromatic carbocycles. The molecule has 3 aromatic rings. The lowest BCUT2D eigenvalue weighted by Crippen LogP contribution is -3.00. The molecule has 0 fully saturated rings. The summed E-state index contributed by atoms with van der Waals surface area (Å²) in [5.74, 6) is 2.77. The molecule has 0 saturated heterocycles. The lowest BCUT2D eigenvalue weighted by Gasteiger charge is -2.20. The molecule has 1 aliphatic heterocycles. The number of aromatic nitrogens is 1. The number of hydrogen-bond donors (Lipinski definition) is 1. The van der Waals surface area contributed by atoms with Gasteiger partial charge in [0.1, 0.15) is 5.69 Å². The Balaban J connectivity index is 0.00000225. The van der Waals surface area contributed by atoms with Gasteiger partial charge in [-0.15, -0.1) is 0 Å². The number of fused-ring (bicyclic) bond motifs is 4. The summed E-state index contributed by atoms with van der Waals surface area (Å²) in [5.41, 5.74) is 10.6. The number of halogens is 1. The highest BCUT2D eigenvalue weighted by Gasteiger charge is 2.29. The van der Waals surface area contributed by atoms with Crippen LogP contribution in [0.5, 0.6) is 23.0 Å². The minimum Gasteiger partial charge on any atom is -1.00 e. The standard InChI is InChI=1S/C21H23N2O4.ClH/c1-24-16-7-12-5-6-23-11-13-8-17(25-2)18(26-3)9-14(13)20(22)21(23)15(12)10-19(16)27-4;/h7-11H,5-6,22H2,1-4H3;1H/q+1;/p-1. The van der Waals surface area contributed by atoms with Crippen LogP contribution < -0.4 is 41.7 Å². The second kappa shape index (κ2) is 7.64. The zero-order valence-electron chi connectivity index (χ0n) is 16.3. The minimum atomic E-state index is 0. The molecule has 1 aliphatic rings. The van der Waals surface area contributed by atoms with Crippen LogP contribution in [0.1, 0.15) is 5.56 Å². The van der Waals surface area contributed by atoms with Crippen LogP contribution in [-0.2, 0) is 13.0 Å². The maximum Gasteiger partial charge on any atom is 0.236 e. The Bertz CT molecular complexity index is 1050. The molecule has 0 radical (unpaired) electrons. The number of nitrogen functional groups attached to an aromatic ring is 1. The highest BCUT2D eigenvalue weighted by Crippen LogP contribution is 2.42. The molecular formula is C21H23ClN2O4. The third-order valence-electron chi connectivity index (χ3n) is 5.17.